The molecule has 0 atom stereocenters. The molecule has 0 aliphatic heterocycles. The van der Waals surface area contributed by atoms with Gasteiger partial charge < -0.3 is 5.32 Å². The predicted molar refractivity (Wildman–Crippen MR) is 77.0 cm³/mol. The van der Waals surface area contributed by atoms with Crippen molar-refractivity contribution in [3.05, 3.63) is 28.8 Å². The van der Waals surface area contributed by atoms with Gasteiger partial charge in [0.1, 0.15) is 0 Å². The third kappa shape index (κ3) is 4.18. The van der Waals surface area contributed by atoms with E-state index in [9.17, 15) is 8.42 Å². The van der Waals surface area contributed by atoms with Gasteiger partial charge >= 0.3 is 0 Å². The molecule has 4 nitrogen and oxygen atoms in total. The zero-order valence-corrected chi connectivity index (χ0v) is 12.5. The molecule has 2 N–H and O–H groups in total. The summed E-state index contributed by atoms with van der Waals surface area (Å²) < 4.78 is 26.9. The molecule has 0 radical (unpaired) electrons. The molecular weight excluding hydrogens is 284 g/mol. The summed E-state index contributed by atoms with van der Waals surface area (Å²) in [7, 11) is -3.46. The fourth-order valence-corrected chi connectivity index (χ4v) is 3.42. The van der Waals surface area contributed by atoms with Crippen LogP contribution in [-0.2, 0) is 10.0 Å². The lowest BCUT2D eigenvalue weighted by atomic mass is 10.2. The number of hydrogen-bond acceptors (Lipinski definition) is 3. The number of benzene rings is 1. The molecule has 2 rings (SSSR count). The molecule has 1 aliphatic carbocycles. The number of rotatable bonds is 7. The predicted octanol–water partition coefficient (Wildman–Crippen LogP) is 2.07. The second-order valence-corrected chi connectivity index (χ2v) is 6.99. The van der Waals surface area contributed by atoms with E-state index < -0.39 is 10.0 Å². The normalized spacial score (nSPS) is 15.7. The molecule has 0 unspecified atom stereocenters. The van der Waals surface area contributed by atoms with E-state index in [2.05, 4.69) is 10.0 Å². The maximum absolute atomic E-state index is 12.1. The highest BCUT2D eigenvalue weighted by molar-refractivity contribution is 7.89. The first kappa shape index (κ1) is 14.8. The minimum atomic E-state index is -3.46. The van der Waals surface area contributed by atoms with Gasteiger partial charge in [-0.05, 0) is 50.4 Å². The van der Waals surface area contributed by atoms with Crippen molar-refractivity contribution in [2.75, 3.05) is 13.1 Å². The molecule has 1 aromatic carbocycles. The molecule has 0 amide bonds. The highest BCUT2D eigenvalue weighted by Crippen LogP contribution is 2.22. The molecule has 1 aliphatic rings. The highest BCUT2D eigenvalue weighted by atomic mass is 35.5. The summed E-state index contributed by atoms with van der Waals surface area (Å²) >= 11 is 5.94. The van der Waals surface area contributed by atoms with Crippen molar-refractivity contribution in [1.29, 1.82) is 0 Å². The van der Waals surface area contributed by atoms with E-state index in [4.69, 9.17) is 11.6 Å². The molecule has 6 heteroatoms. The average Bonchev–Trinajstić information content (AvgIpc) is 3.16. The van der Waals surface area contributed by atoms with E-state index in [0.717, 1.165) is 13.0 Å². The van der Waals surface area contributed by atoms with Gasteiger partial charge in [-0.25, -0.2) is 13.1 Å². The van der Waals surface area contributed by atoms with E-state index in [-0.39, 0.29) is 4.90 Å². The smallest absolute Gasteiger partial charge is 0.240 e. The van der Waals surface area contributed by atoms with E-state index in [1.807, 2.05) is 0 Å². The number of sulfonamides is 1. The van der Waals surface area contributed by atoms with Crippen LogP contribution >= 0.6 is 11.6 Å². The van der Waals surface area contributed by atoms with Crippen LogP contribution in [0.5, 0.6) is 0 Å². The van der Waals surface area contributed by atoms with Gasteiger partial charge in [0.05, 0.1) is 4.90 Å². The summed E-state index contributed by atoms with van der Waals surface area (Å²) in [6.07, 6.45) is 3.27. The SMILES string of the molecule is Cc1c(Cl)cccc1S(=O)(=O)NCCCNC1CC1. The molecular formula is C13H19ClN2O2S. The van der Waals surface area contributed by atoms with Gasteiger partial charge in [-0.1, -0.05) is 17.7 Å². The monoisotopic (exact) mass is 302 g/mol. The third-order valence-electron chi connectivity index (χ3n) is 3.16. The summed E-state index contributed by atoms with van der Waals surface area (Å²) in [6, 6.07) is 5.58. The Kier molecular flexibility index (Phi) is 4.84. The Morgan fingerprint density at radius 1 is 1.32 bits per heavy atom. The first-order valence-corrected chi connectivity index (χ1v) is 8.35. The summed E-state index contributed by atoms with van der Waals surface area (Å²) in [6.45, 7) is 3.00. The molecule has 0 aromatic heterocycles. The molecule has 0 spiro atoms. The van der Waals surface area contributed by atoms with Crippen LogP contribution in [0.25, 0.3) is 0 Å². The maximum atomic E-state index is 12.1. The molecule has 0 bridgehead atoms. The van der Waals surface area contributed by atoms with Crippen LogP contribution in [-0.4, -0.2) is 27.5 Å². The fourth-order valence-electron chi connectivity index (χ4n) is 1.85. The summed E-state index contributed by atoms with van der Waals surface area (Å²) in [5, 5.41) is 3.82. The fraction of sp³-hybridized carbons (Fsp3) is 0.538. The van der Waals surface area contributed by atoms with Gasteiger partial charge in [-0.15, -0.1) is 0 Å². The van der Waals surface area contributed by atoms with Crippen LogP contribution in [0.3, 0.4) is 0 Å². The summed E-state index contributed by atoms with van der Waals surface area (Å²) in [5.41, 5.74) is 0.591. The Hall–Kier alpha value is -0.620. The van der Waals surface area contributed by atoms with E-state index in [0.29, 0.717) is 23.2 Å². The van der Waals surface area contributed by atoms with Crippen LogP contribution in [0.1, 0.15) is 24.8 Å². The van der Waals surface area contributed by atoms with E-state index >= 15 is 0 Å². The molecule has 19 heavy (non-hydrogen) atoms. The van der Waals surface area contributed by atoms with Gasteiger partial charge in [0.15, 0.2) is 0 Å². The average molecular weight is 303 g/mol. The van der Waals surface area contributed by atoms with E-state index in [1.54, 1.807) is 25.1 Å². The Balaban J connectivity index is 1.88. The van der Waals surface area contributed by atoms with Crippen molar-refractivity contribution < 1.29 is 8.42 Å². The van der Waals surface area contributed by atoms with Gasteiger partial charge in [0.25, 0.3) is 0 Å². The molecule has 106 valence electrons. The first-order valence-electron chi connectivity index (χ1n) is 6.49. The molecule has 1 aromatic rings. The Labute approximate surface area is 119 Å². The van der Waals surface area contributed by atoms with Crippen LogP contribution in [0, 0.1) is 6.92 Å². The highest BCUT2D eigenvalue weighted by Gasteiger charge is 2.20. The van der Waals surface area contributed by atoms with Gasteiger partial charge in [-0.2, -0.15) is 0 Å². The molecule has 0 heterocycles. The number of nitrogens with one attached hydrogen (secondary N) is 2. The standard InChI is InChI=1S/C13H19ClN2O2S/c1-10-12(14)4-2-5-13(10)19(17,18)16-9-3-8-15-11-6-7-11/h2,4-5,11,15-16H,3,6-9H2,1H3. The Morgan fingerprint density at radius 2 is 2.05 bits per heavy atom. The maximum Gasteiger partial charge on any atom is 0.240 e. The minimum Gasteiger partial charge on any atom is -0.314 e. The van der Waals surface area contributed by atoms with Crippen molar-refractivity contribution in [3.8, 4) is 0 Å². The van der Waals surface area contributed by atoms with Crippen molar-refractivity contribution in [1.82, 2.24) is 10.0 Å². The summed E-state index contributed by atoms with van der Waals surface area (Å²) in [4.78, 5) is 0.259. The lowest BCUT2D eigenvalue weighted by molar-refractivity contribution is 0.573. The van der Waals surface area contributed by atoms with Crippen LogP contribution < -0.4 is 10.0 Å². The van der Waals surface area contributed by atoms with Crippen LogP contribution in [0.2, 0.25) is 5.02 Å². The van der Waals surface area contributed by atoms with Crippen molar-refractivity contribution in [3.63, 3.8) is 0 Å². The van der Waals surface area contributed by atoms with Crippen molar-refractivity contribution >= 4 is 21.6 Å². The van der Waals surface area contributed by atoms with Crippen molar-refractivity contribution in [2.45, 2.75) is 37.1 Å². The lowest BCUT2D eigenvalue weighted by Crippen LogP contribution is -2.28. The van der Waals surface area contributed by atoms with Gasteiger partial charge in [0, 0.05) is 17.6 Å². The molecule has 0 saturated heterocycles. The van der Waals surface area contributed by atoms with E-state index in [1.165, 1.54) is 12.8 Å². The zero-order valence-electron chi connectivity index (χ0n) is 10.9. The topological polar surface area (TPSA) is 58.2 Å². The number of hydrogen-bond donors (Lipinski definition) is 2. The second kappa shape index (κ2) is 6.22. The molecule has 1 fully saturated rings. The third-order valence-corrected chi connectivity index (χ3v) is 5.18. The molecule has 1 saturated carbocycles. The number of halogens is 1. The quantitative estimate of drug-likeness (QED) is 0.758. The summed E-state index contributed by atoms with van der Waals surface area (Å²) in [5.74, 6) is 0. The van der Waals surface area contributed by atoms with Gasteiger partial charge in [-0.3, -0.25) is 0 Å². The first-order chi connectivity index (χ1) is 9.00. The Morgan fingerprint density at radius 3 is 2.74 bits per heavy atom. The van der Waals surface area contributed by atoms with Gasteiger partial charge in [0.2, 0.25) is 10.0 Å². The van der Waals surface area contributed by atoms with Crippen LogP contribution in [0.15, 0.2) is 23.1 Å². The largest absolute Gasteiger partial charge is 0.314 e. The lowest BCUT2D eigenvalue weighted by Gasteiger charge is -2.10. The second-order valence-electron chi connectivity index (χ2n) is 4.84. The zero-order chi connectivity index (χ0) is 13.9. The minimum absolute atomic E-state index is 0.259. The van der Waals surface area contributed by atoms with Crippen molar-refractivity contribution in [2.24, 2.45) is 0 Å². The Bertz CT molecular complexity index is 542. The van der Waals surface area contributed by atoms with Crippen LogP contribution in [0.4, 0.5) is 0 Å².